The lowest BCUT2D eigenvalue weighted by atomic mass is 10.1. The predicted octanol–water partition coefficient (Wildman–Crippen LogP) is 2.76. The number of hydrogen-bond donors (Lipinski definition) is 1. The molecule has 0 spiro atoms. The van der Waals surface area contributed by atoms with Gasteiger partial charge in [0.1, 0.15) is 17.1 Å². The van der Waals surface area contributed by atoms with E-state index in [1.807, 2.05) is 13.0 Å². The maximum absolute atomic E-state index is 12.4. The normalized spacial score (nSPS) is 11.6. The van der Waals surface area contributed by atoms with Gasteiger partial charge in [-0.1, -0.05) is 6.07 Å². The van der Waals surface area contributed by atoms with Crippen molar-refractivity contribution in [3.63, 3.8) is 0 Å². The van der Waals surface area contributed by atoms with Crippen LogP contribution in [0.1, 0.15) is 34.2 Å². The van der Waals surface area contributed by atoms with Crippen LogP contribution in [0, 0.1) is 20.8 Å². The van der Waals surface area contributed by atoms with Gasteiger partial charge in [0.15, 0.2) is 6.10 Å². The molecule has 26 heavy (non-hydrogen) atoms. The molecule has 1 amide bonds. The van der Waals surface area contributed by atoms with E-state index in [9.17, 15) is 14.4 Å². The van der Waals surface area contributed by atoms with Crippen LogP contribution >= 0.6 is 0 Å². The molecule has 0 saturated carbocycles. The smallest absolute Gasteiger partial charge is 0.342 e. The fourth-order valence-corrected chi connectivity index (χ4v) is 2.49. The molecule has 0 aliphatic rings. The molecule has 2 rings (SSSR count). The van der Waals surface area contributed by atoms with Gasteiger partial charge in [0.2, 0.25) is 0 Å². The minimum atomic E-state index is -1.06. The summed E-state index contributed by atoms with van der Waals surface area (Å²) < 4.78 is 15.3. The Balaban J connectivity index is 2.14. The second kappa shape index (κ2) is 7.86. The average Bonchev–Trinajstić information content (AvgIpc) is 2.53. The average molecular weight is 359 g/mol. The highest BCUT2D eigenvalue weighted by Crippen LogP contribution is 2.25. The number of anilines is 1. The van der Waals surface area contributed by atoms with Crippen molar-refractivity contribution in [1.82, 2.24) is 0 Å². The van der Waals surface area contributed by atoms with Gasteiger partial charge in [-0.25, -0.2) is 9.59 Å². The van der Waals surface area contributed by atoms with Gasteiger partial charge in [0.25, 0.3) is 5.91 Å². The highest BCUT2D eigenvalue weighted by Gasteiger charge is 2.23. The van der Waals surface area contributed by atoms with Crippen molar-refractivity contribution in [1.29, 1.82) is 0 Å². The van der Waals surface area contributed by atoms with E-state index in [0.29, 0.717) is 17.0 Å². The lowest BCUT2D eigenvalue weighted by Gasteiger charge is -2.16. The molecule has 1 aromatic carbocycles. The van der Waals surface area contributed by atoms with Crippen LogP contribution in [0.2, 0.25) is 0 Å². The SMILES string of the molecule is COc1ccc(C)cc1NC(=O)C(C)OC(=O)c1c(C)cc(=O)oc1C. The number of rotatable bonds is 5. The number of ether oxygens (including phenoxy) is 2. The topological polar surface area (TPSA) is 94.8 Å². The van der Waals surface area contributed by atoms with Gasteiger partial charge in [-0.2, -0.15) is 0 Å². The van der Waals surface area contributed by atoms with E-state index < -0.39 is 23.6 Å². The molecule has 0 aliphatic heterocycles. The zero-order chi connectivity index (χ0) is 19.4. The first-order valence-corrected chi connectivity index (χ1v) is 8.00. The number of esters is 1. The summed E-state index contributed by atoms with van der Waals surface area (Å²) in [7, 11) is 1.50. The zero-order valence-electron chi connectivity index (χ0n) is 15.3. The molecule has 1 atom stereocenters. The second-order valence-corrected chi connectivity index (χ2v) is 5.92. The minimum absolute atomic E-state index is 0.136. The molecule has 0 fully saturated rings. The van der Waals surface area contributed by atoms with Crippen LogP contribution in [0.25, 0.3) is 0 Å². The molecule has 0 saturated heterocycles. The molecule has 138 valence electrons. The minimum Gasteiger partial charge on any atom is -0.495 e. The summed E-state index contributed by atoms with van der Waals surface area (Å²) >= 11 is 0. The van der Waals surface area contributed by atoms with Crippen LogP contribution in [0.15, 0.2) is 33.5 Å². The standard InChI is InChI=1S/C19H21NO6/c1-10-6-7-15(24-5)14(8-10)20-18(22)13(4)26-19(23)17-11(2)9-16(21)25-12(17)3/h6-9,13H,1-5H3,(H,20,22). The molecule has 2 aromatic rings. The van der Waals surface area contributed by atoms with Crippen molar-refractivity contribution < 1.29 is 23.5 Å². The van der Waals surface area contributed by atoms with Crippen molar-refractivity contribution in [3.05, 3.63) is 57.1 Å². The third-order valence-corrected chi connectivity index (χ3v) is 3.80. The Labute approximate surface area is 150 Å². The summed E-state index contributed by atoms with van der Waals surface area (Å²) in [6.45, 7) is 6.43. The van der Waals surface area contributed by atoms with Gasteiger partial charge in [-0.3, -0.25) is 4.79 Å². The van der Waals surface area contributed by atoms with E-state index in [1.165, 1.54) is 27.0 Å². The fourth-order valence-electron chi connectivity index (χ4n) is 2.49. The number of carbonyl (C=O) groups is 2. The van der Waals surface area contributed by atoms with Crippen molar-refractivity contribution >= 4 is 17.6 Å². The van der Waals surface area contributed by atoms with Gasteiger partial charge >= 0.3 is 11.6 Å². The first-order chi connectivity index (χ1) is 12.2. The third kappa shape index (κ3) is 4.30. The van der Waals surface area contributed by atoms with Gasteiger partial charge in [0, 0.05) is 6.07 Å². The van der Waals surface area contributed by atoms with Crippen LogP contribution in [0.3, 0.4) is 0 Å². The van der Waals surface area contributed by atoms with Crippen molar-refractivity contribution in [2.75, 3.05) is 12.4 Å². The van der Waals surface area contributed by atoms with E-state index in [4.69, 9.17) is 13.9 Å². The first kappa shape index (κ1) is 19.2. The number of hydrogen-bond acceptors (Lipinski definition) is 6. The highest BCUT2D eigenvalue weighted by atomic mass is 16.5. The summed E-state index contributed by atoms with van der Waals surface area (Å²) in [6, 6.07) is 6.55. The van der Waals surface area contributed by atoms with Crippen LogP contribution in [-0.4, -0.2) is 25.1 Å². The number of nitrogens with one attached hydrogen (secondary N) is 1. The van der Waals surface area contributed by atoms with Crippen LogP contribution < -0.4 is 15.7 Å². The molecule has 0 aliphatic carbocycles. The Bertz CT molecular complexity index is 873. The molecule has 0 radical (unpaired) electrons. The molecule has 1 aromatic heterocycles. The van der Waals surface area contributed by atoms with E-state index in [-0.39, 0.29) is 11.3 Å². The lowest BCUT2D eigenvalue weighted by Crippen LogP contribution is -2.30. The van der Waals surface area contributed by atoms with Gasteiger partial charge < -0.3 is 19.2 Å². The quantitative estimate of drug-likeness (QED) is 0.825. The van der Waals surface area contributed by atoms with Gasteiger partial charge in [0.05, 0.1) is 12.8 Å². The van der Waals surface area contributed by atoms with Crippen LogP contribution in [0.5, 0.6) is 5.75 Å². The Morgan fingerprint density at radius 1 is 1.15 bits per heavy atom. The number of methoxy groups -OCH3 is 1. The summed E-state index contributed by atoms with van der Waals surface area (Å²) in [4.78, 5) is 36.0. The monoisotopic (exact) mass is 359 g/mol. The number of amides is 1. The van der Waals surface area contributed by atoms with E-state index in [1.54, 1.807) is 19.1 Å². The summed E-state index contributed by atoms with van der Waals surface area (Å²) in [5.41, 5.74) is 1.44. The maximum Gasteiger partial charge on any atom is 0.342 e. The largest absolute Gasteiger partial charge is 0.495 e. The number of benzene rings is 1. The van der Waals surface area contributed by atoms with E-state index in [2.05, 4.69) is 5.32 Å². The Morgan fingerprint density at radius 2 is 1.85 bits per heavy atom. The highest BCUT2D eigenvalue weighted by molar-refractivity contribution is 5.98. The van der Waals surface area contributed by atoms with Crippen LogP contribution in [0.4, 0.5) is 5.69 Å². The molecule has 1 heterocycles. The Kier molecular flexibility index (Phi) is 5.82. The molecular formula is C19H21NO6. The van der Waals surface area contributed by atoms with E-state index in [0.717, 1.165) is 5.56 Å². The summed E-state index contributed by atoms with van der Waals surface area (Å²) in [5, 5.41) is 2.68. The molecule has 7 heteroatoms. The first-order valence-electron chi connectivity index (χ1n) is 8.00. The molecule has 1 unspecified atom stereocenters. The van der Waals surface area contributed by atoms with Gasteiger partial charge in [-0.05, 0) is 51.0 Å². The fraction of sp³-hybridized carbons (Fsp3) is 0.316. The number of aryl methyl sites for hydroxylation is 3. The zero-order valence-corrected chi connectivity index (χ0v) is 15.3. The van der Waals surface area contributed by atoms with Crippen molar-refractivity contribution in [3.8, 4) is 5.75 Å². The molecule has 1 N–H and O–H groups in total. The molecular weight excluding hydrogens is 338 g/mol. The van der Waals surface area contributed by atoms with E-state index >= 15 is 0 Å². The number of carbonyl (C=O) groups excluding carboxylic acids is 2. The molecule has 0 bridgehead atoms. The van der Waals surface area contributed by atoms with Crippen molar-refractivity contribution in [2.45, 2.75) is 33.8 Å². The second-order valence-electron chi connectivity index (χ2n) is 5.92. The maximum atomic E-state index is 12.4. The predicted molar refractivity (Wildman–Crippen MR) is 95.7 cm³/mol. The summed E-state index contributed by atoms with van der Waals surface area (Å²) in [5.74, 6) is -0.593. The Morgan fingerprint density at radius 3 is 2.46 bits per heavy atom. The van der Waals surface area contributed by atoms with Crippen molar-refractivity contribution in [2.24, 2.45) is 0 Å². The summed E-state index contributed by atoms with van der Waals surface area (Å²) in [6.07, 6.45) is -1.06. The van der Waals surface area contributed by atoms with Gasteiger partial charge in [-0.15, -0.1) is 0 Å². The third-order valence-electron chi connectivity index (χ3n) is 3.80. The molecule has 7 nitrogen and oxygen atoms in total. The Hall–Kier alpha value is -3.09. The lowest BCUT2D eigenvalue weighted by molar-refractivity contribution is -0.123. The van der Waals surface area contributed by atoms with Crippen LogP contribution in [-0.2, 0) is 9.53 Å².